The van der Waals surface area contributed by atoms with Gasteiger partial charge in [-0.3, -0.25) is 0 Å². The molecule has 1 atom stereocenters. The molecule has 2 rings (SSSR count). The van der Waals surface area contributed by atoms with Crippen molar-refractivity contribution in [3.63, 3.8) is 0 Å². The van der Waals surface area contributed by atoms with Crippen molar-refractivity contribution in [1.82, 2.24) is 5.32 Å². The molecule has 1 heterocycles. The van der Waals surface area contributed by atoms with Crippen LogP contribution < -0.4 is 5.32 Å². The lowest BCUT2D eigenvalue weighted by Gasteiger charge is -2.11. The molecule has 1 aromatic rings. The van der Waals surface area contributed by atoms with Gasteiger partial charge in [-0.2, -0.15) is 13.2 Å². The van der Waals surface area contributed by atoms with Crippen LogP contribution in [0, 0.1) is 0 Å². The summed E-state index contributed by atoms with van der Waals surface area (Å²) in [6.07, 6.45) is 2.46. The first-order valence-corrected chi connectivity index (χ1v) is 7.01. The number of hydrogen-bond acceptors (Lipinski definition) is 3. The molecule has 1 N–H and O–H groups in total. The number of benzene rings is 1. The van der Waals surface area contributed by atoms with Crippen LogP contribution in [0.1, 0.15) is 18.4 Å². The van der Waals surface area contributed by atoms with E-state index in [2.05, 4.69) is 5.32 Å². The van der Waals surface area contributed by atoms with Crippen LogP contribution in [0.4, 0.5) is 13.2 Å². The molecule has 0 bridgehead atoms. The number of rotatable bonds is 5. The molecule has 1 unspecified atom stereocenters. The maximum Gasteiger partial charge on any atom is 0.446 e. The minimum Gasteiger partial charge on any atom is -0.377 e. The monoisotopic (exact) mass is 291 g/mol. The normalized spacial score (nSPS) is 19.8. The number of hydrogen-bond donors (Lipinski definition) is 1. The highest BCUT2D eigenvalue weighted by Gasteiger charge is 2.28. The quantitative estimate of drug-likeness (QED) is 0.838. The molecule has 0 aromatic heterocycles. The van der Waals surface area contributed by atoms with Crippen molar-refractivity contribution in [3.8, 4) is 0 Å². The average molecular weight is 291 g/mol. The second-order valence-electron chi connectivity index (χ2n) is 4.46. The lowest BCUT2D eigenvalue weighted by molar-refractivity contribution is -0.0328. The van der Waals surface area contributed by atoms with Crippen LogP contribution in [0.15, 0.2) is 29.2 Å². The molecular formula is C13H16F3NOS. The first kappa shape index (κ1) is 14.7. The van der Waals surface area contributed by atoms with Gasteiger partial charge >= 0.3 is 5.51 Å². The maximum absolute atomic E-state index is 12.2. The zero-order valence-electron chi connectivity index (χ0n) is 10.4. The minimum atomic E-state index is -4.22. The van der Waals surface area contributed by atoms with Crippen molar-refractivity contribution in [3.05, 3.63) is 29.8 Å². The van der Waals surface area contributed by atoms with Crippen LogP contribution >= 0.6 is 11.8 Å². The van der Waals surface area contributed by atoms with Crippen molar-refractivity contribution in [2.75, 3.05) is 13.2 Å². The summed E-state index contributed by atoms with van der Waals surface area (Å²) in [6.45, 7) is 2.27. The predicted molar refractivity (Wildman–Crippen MR) is 69.0 cm³/mol. The highest BCUT2D eigenvalue weighted by Crippen LogP contribution is 2.36. The van der Waals surface area contributed by atoms with Crippen LogP contribution in [0.3, 0.4) is 0 Å². The summed E-state index contributed by atoms with van der Waals surface area (Å²) >= 11 is -0.0867. The summed E-state index contributed by atoms with van der Waals surface area (Å²) in [7, 11) is 0. The molecule has 19 heavy (non-hydrogen) atoms. The smallest absolute Gasteiger partial charge is 0.377 e. The van der Waals surface area contributed by atoms with Crippen LogP contribution in [0.2, 0.25) is 0 Å². The van der Waals surface area contributed by atoms with E-state index in [4.69, 9.17) is 4.74 Å². The summed E-state index contributed by atoms with van der Waals surface area (Å²) in [5.74, 6) is 0. The Balaban J connectivity index is 1.75. The van der Waals surface area contributed by atoms with Crippen molar-refractivity contribution < 1.29 is 17.9 Å². The van der Waals surface area contributed by atoms with Gasteiger partial charge in [-0.25, -0.2) is 0 Å². The van der Waals surface area contributed by atoms with Crippen molar-refractivity contribution in [2.45, 2.75) is 35.9 Å². The summed E-state index contributed by atoms with van der Waals surface area (Å²) < 4.78 is 41.9. The first-order valence-electron chi connectivity index (χ1n) is 6.20. The van der Waals surface area contributed by atoms with Crippen molar-refractivity contribution >= 4 is 11.8 Å². The van der Waals surface area contributed by atoms with Gasteiger partial charge in [-0.1, -0.05) is 12.1 Å². The Labute approximate surface area is 114 Å². The summed E-state index contributed by atoms with van der Waals surface area (Å²) in [5, 5.41) is 3.26. The van der Waals surface area contributed by atoms with Gasteiger partial charge in [-0.15, -0.1) is 0 Å². The standard InChI is InChI=1S/C13H16F3NOS/c14-13(15,16)19-12-5-3-10(4-6-12)8-17-9-11-2-1-7-18-11/h3-6,11,17H,1-2,7-9H2. The molecule has 6 heteroatoms. The Hall–Kier alpha value is -0.720. The summed E-state index contributed by atoms with van der Waals surface area (Å²) in [5.41, 5.74) is -3.25. The molecule has 0 radical (unpaired) electrons. The number of nitrogens with one attached hydrogen (secondary N) is 1. The molecule has 0 spiro atoms. The van der Waals surface area contributed by atoms with E-state index in [1.165, 1.54) is 12.1 Å². The Morgan fingerprint density at radius 1 is 1.26 bits per heavy atom. The zero-order valence-corrected chi connectivity index (χ0v) is 11.2. The molecule has 0 amide bonds. The van der Waals surface area contributed by atoms with E-state index in [-0.39, 0.29) is 22.8 Å². The molecule has 1 aliphatic rings. The number of thioether (sulfide) groups is 1. The Kier molecular flexibility index (Phi) is 5.13. The van der Waals surface area contributed by atoms with E-state index in [9.17, 15) is 13.2 Å². The average Bonchev–Trinajstić information content (AvgIpc) is 2.82. The molecule has 1 saturated heterocycles. The van der Waals surface area contributed by atoms with Crippen LogP contribution in [0.5, 0.6) is 0 Å². The lowest BCUT2D eigenvalue weighted by atomic mass is 10.2. The van der Waals surface area contributed by atoms with Gasteiger partial charge in [-0.05, 0) is 42.3 Å². The van der Waals surface area contributed by atoms with Gasteiger partial charge in [0.25, 0.3) is 0 Å². The molecular weight excluding hydrogens is 275 g/mol. The van der Waals surface area contributed by atoms with Crippen LogP contribution in [-0.2, 0) is 11.3 Å². The molecule has 2 nitrogen and oxygen atoms in total. The number of halogens is 3. The first-order chi connectivity index (χ1) is 9.03. The Morgan fingerprint density at radius 2 is 2.00 bits per heavy atom. The summed E-state index contributed by atoms with van der Waals surface area (Å²) in [4.78, 5) is 0.218. The fourth-order valence-electron chi connectivity index (χ4n) is 1.99. The topological polar surface area (TPSA) is 21.3 Å². The van der Waals surface area contributed by atoms with E-state index in [1.807, 2.05) is 0 Å². The fraction of sp³-hybridized carbons (Fsp3) is 0.538. The number of ether oxygens (including phenoxy) is 1. The largest absolute Gasteiger partial charge is 0.446 e. The minimum absolute atomic E-state index is 0.0867. The molecule has 1 aliphatic heterocycles. The molecule has 0 aliphatic carbocycles. The lowest BCUT2D eigenvalue weighted by Crippen LogP contribution is -2.25. The van der Waals surface area contributed by atoms with Gasteiger partial charge in [0.05, 0.1) is 6.10 Å². The van der Waals surface area contributed by atoms with Crippen molar-refractivity contribution in [2.24, 2.45) is 0 Å². The third kappa shape index (κ3) is 5.42. The third-order valence-corrected chi connectivity index (χ3v) is 3.62. The van der Waals surface area contributed by atoms with E-state index in [0.29, 0.717) is 6.54 Å². The molecule has 106 valence electrons. The van der Waals surface area contributed by atoms with Gasteiger partial charge in [0, 0.05) is 24.6 Å². The van der Waals surface area contributed by atoms with Gasteiger partial charge in [0.1, 0.15) is 0 Å². The predicted octanol–water partition coefficient (Wildman–Crippen LogP) is 3.57. The molecule has 1 fully saturated rings. The highest BCUT2D eigenvalue weighted by molar-refractivity contribution is 8.00. The van der Waals surface area contributed by atoms with Gasteiger partial charge in [0.2, 0.25) is 0 Å². The second-order valence-corrected chi connectivity index (χ2v) is 5.60. The van der Waals surface area contributed by atoms with Crippen LogP contribution in [0.25, 0.3) is 0 Å². The summed E-state index contributed by atoms with van der Waals surface area (Å²) in [6, 6.07) is 6.44. The van der Waals surface area contributed by atoms with E-state index < -0.39 is 5.51 Å². The highest BCUT2D eigenvalue weighted by atomic mass is 32.2. The second kappa shape index (κ2) is 6.63. The zero-order chi connectivity index (χ0) is 13.7. The van der Waals surface area contributed by atoms with E-state index in [1.54, 1.807) is 12.1 Å². The number of alkyl halides is 3. The molecule has 1 aromatic carbocycles. The fourth-order valence-corrected chi connectivity index (χ4v) is 2.53. The maximum atomic E-state index is 12.2. The van der Waals surface area contributed by atoms with Gasteiger partial charge < -0.3 is 10.1 Å². The van der Waals surface area contributed by atoms with Gasteiger partial charge in [0.15, 0.2) is 0 Å². The Bertz CT molecular complexity index is 388. The molecule has 0 saturated carbocycles. The Morgan fingerprint density at radius 3 is 2.58 bits per heavy atom. The van der Waals surface area contributed by atoms with E-state index in [0.717, 1.165) is 31.6 Å². The van der Waals surface area contributed by atoms with E-state index >= 15 is 0 Å². The van der Waals surface area contributed by atoms with Crippen molar-refractivity contribution in [1.29, 1.82) is 0 Å². The third-order valence-electron chi connectivity index (χ3n) is 2.88. The SMILES string of the molecule is FC(F)(F)Sc1ccc(CNCC2CCCO2)cc1. The van der Waals surface area contributed by atoms with Crippen LogP contribution in [-0.4, -0.2) is 24.8 Å².